The fourth-order valence-corrected chi connectivity index (χ4v) is 0.710. The van der Waals surface area contributed by atoms with Crippen molar-refractivity contribution in [2.75, 3.05) is 19.1 Å². The number of rotatable bonds is 6. The van der Waals surface area contributed by atoms with E-state index in [2.05, 4.69) is 17.9 Å². The fraction of sp³-hybridized carbons (Fsp3) is 0.400. The molecule has 0 bridgehead atoms. The first kappa shape index (κ1) is 13.7. The Hall–Kier alpha value is -1.29. The summed E-state index contributed by atoms with van der Waals surface area (Å²) < 4.78 is 9.35. The van der Waals surface area contributed by atoms with Gasteiger partial charge in [-0.3, -0.25) is 0 Å². The van der Waals surface area contributed by atoms with Crippen molar-refractivity contribution in [3.05, 3.63) is 24.3 Å². The molecule has 0 saturated carbocycles. The number of ether oxygens (including phenoxy) is 2. The Balaban J connectivity index is 3.96. The number of esters is 2. The third-order valence-electron chi connectivity index (χ3n) is 1.39. The molecular formula is C10H13ClO4. The number of hydrogen-bond donors (Lipinski definition) is 0. The SMILES string of the molecule is C=C(CCl)C(=O)OCC(=C)C(=O)OCC. The summed E-state index contributed by atoms with van der Waals surface area (Å²) in [5.74, 6) is -1.23. The summed E-state index contributed by atoms with van der Waals surface area (Å²) in [4.78, 5) is 22.1. The van der Waals surface area contributed by atoms with Gasteiger partial charge in [0, 0.05) is 5.57 Å². The fourth-order valence-electron chi connectivity index (χ4n) is 0.601. The van der Waals surface area contributed by atoms with Crippen LogP contribution in [0.15, 0.2) is 24.3 Å². The molecule has 84 valence electrons. The minimum atomic E-state index is -0.643. The molecule has 0 unspecified atom stereocenters. The summed E-state index contributed by atoms with van der Waals surface area (Å²) in [6.07, 6.45) is 0. The van der Waals surface area contributed by atoms with Crippen molar-refractivity contribution in [2.45, 2.75) is 6.92 Å². The van der Waals surface area contributed by atoms with Crippen LogP contribution in [0, 0.1) is 0 Å². The van der Waals surface area contributed by atoms with E-state index >= 15 is 0 Å². The lowest BCUT2D eigenvalue weighted by Gasteiger charge is -2.06. The largest absolute Gasteiger partial charge is 0.463 e. The maximum absolute atomic E-state index is 11.1. The Morgan fingerprint density at radius 2 is 1.67 bits per heavy atom. The molecular weight excluding hydrogens is 220 g/mol. The molecule has 0 heterocycles. The van der Waals surface area contributed by atoms with Crippen molar-refractivity contribution >= 4 is 23.5 Å². The Bertz CT molecular complexity index is 283. The first-order valence-corrected chi connectivity index (χ1v) is 4.82. The molecule has 0 aliphatic rings. The van der Waals surface area contributed by atoms with E-state index in [1.807, 2.05) is 0 Å². The minimum absolute atomic E-state index is 0.00921. The average Bonchev–Trinajstić information content (AvgIpc) is 2.24. The molecule has 0 rings (SSSR count). The lowest BCUT2D eigenvalue weighted by molar-refractivity contribution is -0.141. The first-order chi connectivity index (χ1) is 7.02. The van der Waals surface area contributed by atoms with Crippen molar-refractivity contribution in [2.24, 2.45) is 0 Å². The second-order valence-electron chi connectivity index (χ2n) is 2.64. The molecule has 0 amide bonds. The molecule has 5 heteroatoms. The van der Waals surface area contributed by atoms with Gasteiger partial charge in [-0.05, 0) is 6.92 Å². The van der Waals surface area contributed by atoms with Gasteiger partial charge in [0.2, 0.25) is 0 Å². The molecule has 0 aromatic carbocycles. The second kappa shape index (κ2) is 7.06. The summed E-state index contributed by atoms with van der Waals surface area (Å²) in [5.41, 5.74) is 0.209. The van der Waals surface area contributed by atoms with E-state index in [9.17, 15) is 9.59 Å². The van der Waals surface area contributed by atoms with Crippen LogP contribution in [-0.2, 0) is 19.1 Å². The smallest absolute Gasteiger partial charge is 0.336 e. The van der Waals surface area contributed by atoms with Crippen LogP contribution in [0.1, 0.15) is 6.92 Å². The van der Waals surface area contributed by atoms with E-state index in [-0.39, 0.29) is 30.2 Å². The number of carbonyl (C=O) groups is 2. The molecule has 0 aliphatic heterocycles. The van der Waals surface area contributed by atoms with Crippen LogP contribution in [0.3, 0.4) is 0 Å². The van der Waals surface area contributed by atoms with E-state index in [4.69, 9.17) is 16.3 Å². The standard InChI is InChI=1S/C10H13ClO4/c1-4-14-10(13)8(3)6-15-9(12)7(2)5-11/h2-6H2,1H3. The number of alkyl halides is 1. The molecule has 4 nitrogen and oxygen atoms in total. The highest BCUT2D eigenvalue weighted by atomic mass is 35.5. The number of carbonyl (C=O) groups excluding carboxylic acids is 2. The molecule has 0 fully saturated rings. The van der Waals surface area contributed by atoms with Gasteiger partial charge in [-0.2, -0.15) is 0 Å². The lowest BCUT2D eigenvalue weighted by atomic mass is 10.3. The quantitative estimate of drug-likeness (QED) is 0.395. The predicted octanol–water partition coefficient (Wildman–Crippen LogP) is 1.44. The molecule has 0 radical (unpaired) electrons. The van der Waals surface area contributed by atoms with Crippen LogP contribution in [0.4, 0.5) is 0 Å². The Morgan fingerprint density at radius 3 is 2.13 bits per heavy atom. The molecule has 0 aromatic rings. The van der Waals surface area contributed by atoms with E-state index in [0.29, 0.717) is 0 Å². The summed E-state index contributed by atoms with van der Waals surface area (Å²) in [6.45, 7) is 8.50. The third-order valence-corrected chi connectivity index (χ3v) is 1.71. The monoisotopic (exact) mass is 232 g/mol. The zero-order chi connectivity index (χ0) is 11.8. The molecule has 0 aliphatic carbocycles. The highest BCUT2D eigenvalue weighted by molar-refractivity contribution is 6.22. The van der Waals surface area contributed by atoms with E-state index in [1.54, 1.807) is 6.92 Å². The lowest BCUT2D eigenvalue weighted by Crippen LogP contribution is -2.15. The van der Waals surface area contributed by atoms with Gasteiger partial charge >= 0.3 is 11.9 Å². The average molecular weight is 233 g/mol. The first-order valence-electron chi connectivity index (χ1n) is 4.28. The topological polar surface area (TPSA) is 52.6 Å². The summed E-state index contributed by atoms with van der Waals surface area (Å²) in [7, 11) is 0. The van der Waals surface area contributed by atoms with E-state index in [1.165, 1.54) is 0 Å². The zero-order valence-electron chi connectivity index (χ0n) is 8.55. The van der Waals surface area contributed by atoms with Crippen LogP contribution in [0.5, 0.6) is 0 Å². The molecule has 0 atom stereocenters. The van der Waals surface area contributed by atoms with Crippen molar-refractivity contribution in [3.63, 3.8) is 0 Å². The number of hydrogen-bond acceptors (Lipinski definition) is 4. The molecule has 15 heavy (non-hydrogen) atoms. The minimum Gasteiger partial charge on any atom is -0.463 e. The van der Waals surface area contributed by atoms with Gasteiger partial charge in [0.1, 0.15) is 6.61 Å². The summed E-state index contributed by atoms with van der Waals surface area (Å²) in [5, 5.41) is 0. The van der Waals surface area contributed by atoms with Crippen LogP contribution >= 0.6 is 11.6 Å². The third kappa shape index (κ3) is 5.22. The van der Waals surface area contributed by atoms with E-state index < -0.39 is 11.9 Å². The van der Waals surface area contributed by atoms with Gasteiger partial charge in [0.15, 0.2) is 0 Å². The van der Waals surface area contributed by atoms with E-state index in [0.717, 1.165) is 0 Å². The Kier molecular flexibility index (Phi) is 6.45. The van der Waals surface area contributed by atoms with Gasteiger partial charge < -0.3 is 9.47 Å². The maximum Gasteiger partial charge on any atom is 0.336 e. The van der Waals surface area contributed by atoms with Gasteiger partial charge in [0.25, 0.3) is 0 Å². The highest BCUT2D eigenvalue weighted by Gasteiger charge is 2.12. The molecule has 0 aromatic heterocycles. The van der Waals surface area contributed by atoms with Gasteiger partial charge in [-0.15, -0.1) is 11.6 Å². The van der Waals surface area contributed by atoms with Gasteiger partial charge in [0.05, 0.1) is 18.1 Å². The van der Waals surface area contributed by atoms with Crippen molar-refractivity contribution in [3.8, 4) is 0 Å². The second-order valence-corrected chi connectivity index (χ2v) is 2.90. The summed E-state index contributed by atoms with van der Waals surface area (Å²) in [6, 6.07) is 0. The van der Waals surface area contributed by atoms with Crippen LogP contribution in [-0.4, -0.2) is 31.0 Å². The molecule has 0 spiro atoms. The van der Waals surface area contributed by atoms with Gasteiger partial charge in [-0.25, -0.2) is 9.59 Å². The Labute approximate surface area is 93.5 Å². The summed E-state index contributed by atoms with van der Waals surface area (Å²) >= 11 is 5.36. The van der Waals surface area contributed by atoms with Gasteiger partial charge in [-0.1, -0.05) is 13.2 Å². The predicted molar refractivity (Wildman–Crippen MR) is 56.6 cm³/mol. The van der Waals surface area contributed by atoms with Crippen molar-refractivity contribution in [1.82, 2.24) is 0 Å². The number of halogens is 1. The van der Waals surface area contributed by atoms with Crippen LogP contribution in [0.2, 0.25) is 0 Å². The molecule has 0 saturated heterocycles. The van der Waals surface area contributed by atoms with Crippen LogP contribution < -0.4 is 0 Å². The molecule has 0 N–H and O–H groups in total. The zero-order valence-corrected chi connectivity index (χ0v) is 9.30. The maximum atomic E-state index is 11.1. The van der Waals surface area contributed by atoms with Crippen LogP contribution in [0.25, 0.3) is 0 Å². The van der Waals surface area contributed by atoms with Crippen molar-refractivity contribution < 1.29 is 19.1 Å². The highest BCUT2D eigenvalue weighted by Crippen LogP contribution is 2.01. The van der Waals surface area contributed by atoms with Crippen molar-refractivity contribution in [1.29, 1.82) is 0 Å². The normalized spacial score (nSPS) is 9.20. The Morgan fingerprint density at radius 1 is 1.13 bits per heavy atom.